The standard InChI is InChI=1S/C37H40O8/c1-24-8-7-11-28(38)10-6-4-5-9-27-22-32-35(36(42-3)34(27)37(40)44-24)31(23-33(39)45-32)26-14-18-30(19-15-26)43-21-20-25-12-16-29(41-2)17-13-25/h5,9,12-19,22,24,31H,4,6-8,10-11,20-21,23H2,1-3H3/t24-,31+/m0/s1. The lowest BCUT2D eigenvalue weighted by Crippen LogP contribution is -2.24. The van der Waals surface area contributed by atoms with Gasteiger partial charge in [0, 0.05) is 30.7 Å². The number of cyclic esters (lactones) is 1. The van der Waals surface area contributed by atoms with E-state index in [1.807, 2.05) is 67.6 Å². The maximum absolute atomic E-state index is 13.7. The van der Waals surface area contributed by atoms with Crippen LogP contribution in [0.25, 0.3) is 6.08 Å². The topological polar surface area (TPSA) is 97.4 Å². The number of ketones is 1. The fourth-order valence-corrected chi connectivity index (χ4v) is 5.87. The van der Waals surface area contributed by atoms with Crippen molar-refractivity contribution in [2.45, 2.75) is 70.3 Å². The second-order valence-corrected chi connectivity index (χ2v) is 11.5. The molecular formula is C37H40O8. The van der Waals surface area contributed by atoms with Crippen LogP contribution in [0.1, 0.15) is 90.4 Å². The van der Waals surface area contributed by atoms with Crippen molar-refractivity contribution in [2.24, 2.45) is 0 Å². The van der Waals surface area contributed by atoms with Crippen molar-refractivity contribution in [3.63, 3.8) is 0 Å². The highest BCUT2D eigenvalue weighted by molar-refractivity contribution is 5.99. The van der Waals surface area contributed by atoms with Crippen LogP contribution < -0.4 is 18.9 Å². The fraction of sp³-hybridized carbons (Fsp3) is 0.378. The minimum atomic E-state index is -0.513. The maximum atomic E-state index is 13.7. The van der Waals surface area contributed by atoms with E-state index in [-0.39, 0.29) is 24.3 Å². The zero-order chi connectivity index (χ0) is 31.8. The molecule has 8 heteroatoms. The molecule has 236 valence electrons. The van der Waals surface area contributed by atoms with Crippen LogP contribution in [0.15, 0.2) is 60.7 Å². The van der Waals surface area contributed by atoms with Crippen LogP contribution in [0.2, 0.25) is 0 Å². The van der Waals surface area contributed by atoms with E-state index in [0.29, 0.717) is 72.6 Å². The molecule has 0 saturated heterocycles. The number of allylic oxidation sites excluding steroid dienone is 1. The predicted octanol–water partition coefficient (Wildman–Crippen LogP) is 7.25. The Balaban J connectivity index is 1.42. The third kappa shape index (κ3) is 7.93. The molecule has 0 spiro atoms. The molecule has 0 aliphatic carbocycles. The number of hydrogen-bond donors (Lipinski definition) is 0. The summed E-state index contributed by atoms with van der Waals surface area (Å²) < 4.78 is 28.7. The summed E-state index contributed by atoms with van der Waals surface area (Å²) >= 11 is 0. The molecule has 0 fully saturated rings. The molecule has 0 amide bonds. The Morgan fingerprint density at radius 2 is 1.62 bits per heavy atom. The van der Waals surface area contributed by atoms with Crippen molar-refractivity contribution in [1.82, 2.24) is 0 Å². The van der Waals surface area contributed by atoms with E-state index in [2.05, 4.69) is 0 Å². The zero-order valence-corrected chi connectivity index (χ0v) is 26.1. The van der Waals surface area contributed by atoms with Gasteiger partial charge in [-0.2, -0.15) is 0 Å². The van der Waals surface area contributed by atoms with Crippen LogP contribution in [-0.2, 0) is 20.7 Å². The monoisotopic (exact) mass is 612 g/mol. The molecule has 2 heterocycles. The zero-order valence-electron chi connectivity index (χ0n) is 26.1. The molecule has 0 N–H and O–H groups in total. The molecule has 45 heavy (non-hydrogen) atoms. The first-order chi connectivity index (χ1) is 21.9. The second-order valence-electron chi connectivity index (χ2n) is 11.5. The van der Waals surface area contributed by atoms with Gasteiger partial charge < -0.3 is 23.7 Å². The normalized spacial score (nSPS) is 19.0. The van der Waals surface area contributed by atoms with Crippen LogP contribution in [-0.4, -0.2) is 44.7 Å². The van der Waals surface area contributed by atoms with Crippen molar-refractivity contribution in [2.75, 3.05) is 20.8 Å². The van der Waals surface area contributed by atoms with Crippen molar-refractivity contribution in [3.05, 3.63) is 88.5 Å². The summed E-state index contributed by atoms with van der Waals surface area (Å²) in [5.74, 6) is 1.17. The summed E-state index contributed by atoms with van der Waals surface area (Å²) in [5.41, 5.74) is 3.49. The fourth-order valence-electron chi connectivity index (χ4n) is 5.87. The van der Waals surface area contributed by atoms with E-state index >= 15 is 0 Å². The maximum Gasteiger partial charge on any atom is 0.342 e. The van der Waals surface area contributed by atoms with Crippen molar-refractivity contribution in [3.8, 4) is 23.0 Å². The largest absolute Gasteiger partial charge is 0.497 e. The van der Waals surface area contributed by atoms with Crippen LogP contribution in [0, 0.1) is 0 Å². The number of fused-ring (bicyclic) bond motifs is 2. The molecule has 0 radical (unpaired) electrons. The summed E-state index contributed by atoms with van der Waals surface area (Å²) in [6.45, 7) is 2.34. The SMILES string of the molecule is COc1ccc(CCOc2ccc([C@H]3CC(=O)Oc4cc5c(c(OC)c43)C(=O)O[C@@H](C)CCCC(=O)CCCC=C5)cc2)cc1. The quantitative estimate of drug-likeness (QED) is 0.203. The molecule has 0 saturated carbocycles. The Morgan fingerprint density at radius 1 is 0.889 bits per heavy atom. The molecule has 0 unspecified atom stereocenters. The molecule has 8 nitrogen and oxygen atoms in total. The molecule has 0 bridgehead atoms. The lowest BCUT2D eigenvalue weighted by molar-refractivity contribution is -0.135. The number of carbonyl (C=O) groups is 3. The van der Waals surface area contributed by atoms with Crippen molar-refractivity contribution in [1.29, 1.82) is 0 Å². The number of benzene rings is 3. The third-order valence-corrected chi connectivity index (χ3v) is 8.26. The first-order valence-electron chi connectivity index (χ1n) is 15.6. The summed E-state index contributed by atoms with van der Waals surface area (Å²) in [6, 6.07) is 17.3. The van der Waals surface area contributed by atoms with Gasteiger partial charge in [-0.1, -0.05) is 36.4 Å². The smallest absolute Gasteiger partial charge is 0.342 e. The molecule has 2 atom stereocenters. The highest BCUT2D eigenvalue weighted by atomic mass is 16.5. The van der Waals surface area contributed by atoms with Crippen LogP contribution in [0.4, 0.5) is 0 Å². The average Bonchev–Trinajstić information content (AvgIpc) is 3.03. The Labute approximate surface area is 264 Å². The lowest BCUT2D eigenvalue weighted by Gasteiger charge is -2.29. The van der Waals surface area contributed by atoms with Gasteiger partial charge in [-0.15, -0.1) is 0 Å². The molecule has 5 rings (SSSR count). The summed E-state index contributed by atoms with van der Waals surface area (Å²) in [5, 5.41) is 0. The van der Waals surface area contributed by atoms with Crippen LogP contribution >= 0.6 is 0 Å². The number of carbonyl (C=O) groups excluding carboxylic acids is 3. The highest BCUT2D eigenvalue weighted by Crippen LogP contribution is 2.47. The summed E-state index contributed by atoms with van der Waals surface area (Å²) in [6.07, 6.45) is 7.86. The number of hydrogen-bond acceptors (Lipinski definition) is 8. The summed E-state index contributed by atoms with van der Waals surface area (Å²) in [7, 11) is 3.16. The molecule has 3 aromatic rings. The van der Waals surface area contributed by atoms with Crippen LogP contribution in [0.5, 0.6) is 23.0 Å². The summed E-state index contributed by atoms with van der Waals surface area (Å²) in [4.78, 5) is 38.7. The molecule has 2 aliphatic heterocycles. The van der Waals surface area contributed by atoms with Gasteiger partial charge in [0.15, 0.2) is 0 Å². The molecule has 2 aliphatic rings. The van der Waals surface area contributed by atoms with Crippen molar-refractivity contribution < 1.29 is 38.1 Å². The Hall–Kier alpha value is -4.59. The van der Waals surface area contributed by atoms with Crippen molar-refractivity contribution >= 4 is 23.8 Å². The van der Waals surface area contributed by atoms with E-state index in [0.717, 1.165) is 29.7 Å². The minimum absolute atomic E-state index is 0.0924. The number of methoxy groups -OCH3 is 2. The van der Waals surface area contributed by atoms with E-state index in [4.69, 9.17) is 23.7 Å². The minimum Gasteiger partial charge on any atom is -0.497 e. The van der Waals surface area contributed by atoms with Crippen LogP contribution in [0.3, 0.4) is 0 Å². The number of ether oxygens (including phenoxy) is 5. The lowest BCUT2D eigenvalue weighted by atomic mass is 9.83. The number of rotatable bonds is 7. The number of esters is 2. The highest BCUT2D eigenvalue weighted by Gasteiger charge is 2.36. The average molecular weight is 613 g/mol. The Kier molecular flexibility index (Phi) is 10.6. The molecule has 0 aromatic heterocycles. The van der Waals surface area contributed by atoms with Gasteiger partial charge in [0.25, 0.3) is 0 Å². The van der Waals surface area contributed by atoms with Gasteiger partial charge in [0.1, 0.15) is 34.3 Å². The van der Waals surface area contributed by atoms with Gasteiger partial charge in [-0.3, -0.25) is 9.59 Å². The van der Waals surface area contributed by atoms with E-state index in [9.17, 15) is 14.4 Å². The van der Waals surface area contributed by atoms with Gasteiger partial charge in [-0.05, 0) is 79.6 Å². The van der Waals surface area contributed by atoms with E-state index in [1.54, 1.807) is 13.2 Å². The predicted molar refractivity (Wildman–Crippen MR) is 170 cm³/mol. The third-order valence-electron chi connectivity index (χ3n) is 8.26. The first-order valence-corrected chi connectivity index (χ1v) is 15.6. The Morgan fingerprint density at radius 3 is 2.36 bits per heavy atom. The molecule has 3 aromatic carbocycles. The van der Waals surface area contributed by atoms with Gasteiger partial charge in [0.05, 0.1) is 33.4 Å². The number of Topliss-reactive ketones (excluding diaryl/α,β-unsaturated/α-hetero) is 1. The van der Waals surface area contributed by atoms with Gasteiger partial charge >= 0.3 is 11.9 Å². The van der Waals surface area contributed by atoms with E-state index in [1.165, 1.54) is 7.11 Å². The first kappa shape index (κ1) is 31.8. The van der Waals surface area contributed by atoms with E-state index < -0.39 is 11.9 Å². The second kappa shape index (κ2) is 14.9. The van der Waals surface area contributed by atoms with Gasteiger partial charge in [-0.25, -0.2) is 4.79 Å². The Bertz CT molecular complexity index is 1540. The van der Waals surface area contributed by atoms with Gasteiger partial charge in [0.2, 0.25) is 0 Å². The molecular weight excluding hydrogens is 572 g/mol.